The molecule has 1 aliphatic rings. The molecule has 2 nitrogen and oxygen atoms in total. The van der Waals surface area contributed by atoms with Crippen LogP contribution in [0.3, 0.4) is 0 Å². The van der Waals surface area contributed by atoms with Crippen molar-refractivity contribution in [3.8, 4) is 0 Å². The Morgan fingerprint density at radius 3 is 2.78 bits per heavy atom. The Morgan fingerprint density at radius 2 is 2.06 bits per heavy atom. The molecule has 0 aromatic carbocycles. The third-order valence-electron chi connectivity index (χ3n) is 4.10. The third kappa shape index (κ3) is 3.41. The number of aromatic nitrogens is 1. The van der Waals surface area contributed by atoms with Crippen LogP contribution >= 0.6 is 0 Å². The highest BCUT2D eigenvalue weighted by Gasteiger charge is 2.28. The van der Waals surface area contributed by atoms with E-state index in [1.807, 2.05) is 12.4 Å². The first-order valence-electron chi connectivity index (χ1n) is 7.24. The Bertz CT molecular complexity index is 374. The maximum atomic E-state index is 12.0. The van der Waals surface area contributed by atoms with Crippen molar-refractivity contribution >= 4 is 5.78 Å². The van der Waals surface area contributed by atoms with Gasteiger partial charge in [0.2, 0.25) is 0 Å². The van der Waals surface area contributed by atoms with Crippen LogP contribution in [0.15, 0.2) is 24.5 Å². The number of unbranched alkanes of at least 4 members (excludes halogenated alkanes) is 2. The number of Topliss-reactive ketones (excluding diaryl/α,β-unsaturated/α-hetero) is 1. The average molecular weight is 245 g/mol. The van der Waals surface area contributed by atoms with Gasteiger partial charge in [0.15, 0.2) is 0 Å². The molecule has 0 spiro atoms. The summed E-state index contributed by atoms with van der Waals surface area (Å²) in [6, 6.07) is 4.20. The summed E-state index contributed by atoms with van der Waals surface area (Å²) in [4.78, 5) is 16.0. The van der Waals surface area contributed by atoms with E-state index in [1.54, 1.807) is 0 Å². The molecule has 1 aliphatic carbocycles. The molecule has 18 heavy (non-hydrogen) atoms. The molecule has 0 aliphatic heterocycles. The maximum absolute atomic E-state index is 12.0. The third-order valence-corrected chi connectivity index (χ3v) is 4.10. The molecule has 1 saturated carbocycles. The summed E-state index contributed by atoms with van der Waals surface area (Å²) in [5.74, 6) is 1.37. The highest BCUT2D eigenvalue weighted by Crippen LogP contribution is 2.36. The van der Waals surface area contributed by atoms with Gasteiger partial charge in [-0.05, 0) is 42.9 Å². The quantitative estimate of drug-likeness (QED) is 0.730. The summed E-state index contributed by atoms with van der Waals surface area (Å²) in [6.07, 6.45) is 11.3. The van der Waals surface area contributed by atoms with Gasteiger partial charge in [0.25, 0.3) is 0 Å². The van der Waals surface area contributed by atoms with Crippen LogP contribution in [0.4, 0.5) is 0 Å². The highest BCUT2D eigenvalue weighted by atomic mass is 16.1. The fourth-order valence-electron chi connectivity index (χ4n) is 2.97. The van der Waals surface area contributed by atoms with E-state index in [0.717, 1.165) is 25.7 Å². The molecule has 2 unspecified atom stereocenters. The molecular weight excluding hydrogens is 222 g/mol. The zero-order valence-corrected chi connectivity index (χ0v) is 11.3. The predicted octanol–water partition coefficient (Wildman–Crippen LogP) is 4.11. The Kier molecular flexibility index (Phi) is 4.91. The van der Waals surface area contributed by atoms with E-state index in [9.17, 15) is 4.79 Å². The van der Waals surface area contributed by atoms with Gasteiger partial charge in [0.1, 0.15) is 5.78 Å². The molecule has 0 amide bonds. The molecule has 98 valence electrons. The smallest absolute Gasteiger partial charge is 0.136 e. The number of ketones is 1. The lowest BCUT2D eigenvalue weighted by atomic mass is 9.75. The summed E-state index contributed by atoms with van der Waals surface area (Å²) in [5.41, 5.74) is 1.36. The Hall–Kier alpha value is -1.18. The lowest BCUT2D eigenvalue weighted by Gasteiger charge is -2.28. The molecule has 0 saturated heterocycles. The largest absolute Gasteiger partial charge is 0.299 e. The normalized spacial score (nSPS) is 24.2. The first-order chi connectivity index (χ1) is 8.81. The van der Waals surface area contributed by atoms with E-state index in [0.29, 0.717) is 17.6 Å². The number of hydrogen-bond donors (Lipinski definition) is 0. The monoisotopic (exact) mass is 245 g/mol. The van der Waals surface area contributed by atoms with Crippen molar-refractivity contribution in [2.45, 2.75) is 57.8 Å². The second-order valence-electron chi connectivity index (χ2n) is 5.41. The molecule has 1 aromatic heterocycles. The average Bonchev–Trinajstić information content (AvgIpc) is 2.42. The van der Waals surface area contributed by atoms with Crippen molar-refractivity contribution in [1.82, 2.24) is 4.98 Å². The second kappa shape index (κ2) is 6.67. The molecule has 2 atom stereocenters. The lowest BCUT2D eigenvalue weighted by Crippen LogP contribution is -2.24. The summed E-state index contributed by atoms with van der Waals surface area (Å²) >= 11 is 0. The van der Waals surface area contributed by atoms with Crippen molar-refractivity contribution in [1.29, 1.82) is 0 Å². The predicted molar refractivity (Wildman–Crippen MR) is 73.5 cm³/mol. The van der Waals surface area contributed by atoms with Crippen LogP contribution < -0.4 is 0 Å². The van der Waals surface area contributed by atoms with Crippen LogP contribution in [0.1, 0.15) is 63.4 Å². The van der Waals surface area contributed by atoms with Crippen LogP contribution in [0.25, 0.3) is 0 Å². The highest BCUT2D eigenvalue weighted by molar-refractivity contribution is 5.82. The maximum Gasteiger partial charge on any atom is 0.136 e. The van der Waals surface area contributed by atoms with Gasteiger partial charge < -0.3 is 0 Å². The van der Waals surface area contributed by atoms with Crippen LogP contribution in [-0.4, -0.2) is 10.8 Å². The SMILES string of the molecule is CCCCCC1CC(c2ccncc2)CCC1=O. The van der Waals surface area contributed by atoms with Crippen molar-refractivity contribution < 1.29 is 4.79 Å². The van der Waals surface area contributed by atoms with E-state index in [-0.39, 0.29) is 0 Å². The van der Waals surface area contributed by atoms with Crippen LogP contribution in [-0.2, 0) is 4.79 Å². The minimum Gasteiger partial charge on any atom is -0.299 e. The van der Waals surface area contributed by atoms with Crippen molar-refractivity contribution in [2.24, 2.45) is 5.92 Å². The number of carbonyl (C=O) groups is 1. The molecule has 0 N–H and O–H groups in total. The number of hydrogen-bond acceptors (Lipinski definition) is 2. The zero-order chi connectivity index (χ0) is 12.8. The summed E-state index contributed by atoms with van der Waals surface area (Å²) in [7, 11) is 0. The Morgan fingerprint density at radius 1 is 1.28 bits per heavy atom. The standard InChI is InChI=1S/C16H23NO/c1-2-3-4-5-15-12-14(6-7-16(15)18)13-8-10-17-11-9-13/h8-11,14-15H,2-7,12H2,1H3. The number of nitrogens with zero attached hydrogens (tertiary/aromatic N) is 1. The van der Waals surface area contributed by atoms with Crippen LogP contribution in [0, 0.1) is 5.92 Å². The van der Waals surface area contributed by atoms with E-state index in [2.05, 4.69) is 24.0 Å². The first kappa shape index (κ1) is 13.3. The fourth-order valence-corrected chi connectivity index (χ4v) is 2.97. The number of carbonyl (C=O) groups excluding carboxylic acids is 1. The van der Waals surface area contributed by atoms with Gasteiger partial charge in [0.05, 0.1) is 0 Å². The van der Waals surface area contributed by atoms with Crippen molar-refractivity contribution in [3.63, 3.8) is 0 Å². The number of pyridine rings is 1. The molecule has 1 heterocycles. The lowest BCUT2D eigenvalue weighted by molar-refractivity contribution is -0.125. The van der Waals surface area contributed by atoms with E-state index >= 15 is 0 Å². The van der Waals surface area contributed by atoms with Crippen LogP contribution in [0.2, 0.25) is 0 Å². The molecule has 2 heteroatoms. The van der Waals surface area contributed by atoms with Gasteiger partial charge in [0, 0.05) is 24.7 Å². The van der Waals surface area contributed by atoms with Gasteiger partial charge >= 0.3 is 0 Å². The van der Waals surface area contributed by atoms with E-state index in [4.69, 9.17) is 0 Å². The van der Waals surface area contributed by atoms with E-state index < -0.39 is 0 Å². The fraction of sp³-hybridized carbons (Fsp3) is 0.625. The van der Waals surface area contributed by atoms with Crippen molar-refractivity contribution in [2.75, 3.05) is 0 Å². The summed E-state index contributed by atoms with van der Waals surface area (Å²) in [5, 5.41) is 0. The molecule has 0 radical (unpaired) electrons. The summed E-state index contributed by atoms with van der Waals surface area (Å²) in [6.45, 7) is 2.21. The molecule has 0 bridgehead atoms. The zero-order valence-electron chi connectivity index (χ0n) is 11.3. The second-order valence-corrected chi connectivity index (χ2v) is 5.41. The molecular formula is C16H23NO. The van der Waals surface area contributed by atoms with Crippen molar-refractivity contribution in [3.05, 3.63) is 30.1 Å². The molecule has 1 fully saturated rings. The minimum absolute atomic E-state index is 0.309. The molecule has 2 rings (SSSR count). The van der Waals surface area contributed by atoms with Gasteiger partial charge in [-0.1, -0.05) is 26.2 Å². The first-order valence-corrected chi connectivity index (χ1v) is 7.24. The minimum atomic E-state index is 0.309. The molecule has 1 aromatic rings. The van der Waals surface area contributed by atoms with Gasteiger partial charge in [-0.3, -0.25) is 9.78 Å². The Labute approximate surface area is 110 Å². The van der Waals surface area contributed by atoms with Crippen LogP contribution in [0.5, 0.6) is 0 Å². The topological polar surface area (TPSA) is 30.0 Å². The number of rotatable bonds is 5. The van der Waals surface area contributed by atoms with E-state index in [1.165, 1.54) is 24.8 Å². The van der Waals surface area contributed by atoms with Gasteiger partial charge in [-0.25, -0.2) is 0 Å². The van der Waals surface area contributed by atoms with Gasteiger partial charge in [-0.15, -0.1) is 0 Å². The van der Waals surface area contributed by atoms with Gasteiger partial charge in [-0.2, -0.15) is 0 Å². The summed E-state index contributed by atoms with van der Waals surface area (Å²) < 4.78 is 0. The Balaban J connectivity index is 1.94.